The molecule has 0 saturated carbocycles. The number of hydrogen-bond acceptors (Lipinski definition) is 2. The van der Waals surface area contributed by atoms with Crippen LogP contribution < -0.4 is 0 Å². The van der Waals surface area contributed by atoms with Crippen LogP contribution in [0.15, 0.2) is 85.2 Å². The number of benzene rings is 3. The summed E-state index contributed by atoms with van der Waals surface area (Å²) in [6, 6.07) is 24.9. The van der Waals surface area contributed by atoms with Crippen molar-refractivity contribution in [2.45, 2.75) is 0 Å². The minimum atomic E-state index is 0.762. The minimum Gasteiger partial charge on any atom is -0.237 e. The van der Waals surface area contributed by atoms with Gasteiger partial charge in [0.15, 0.2) is 5.82 Å². The molecule has 2 heteroatoms. The number of rotatable bonds is 2. The lowest BCUT2D eigenvalue weighted by molar-refractivity contribution is 1.18. The van der Waals surface area contributed by atoms with Crippen LogP contribution in [0.4, 0.5) is 0 Å². The number of aromatic nitrogens is 2. The van der Waals surface area contributed by atoms with Crippen LogP contribution in [0.2, 0.25) is 0 Å². The molecule has 1 heterocycles. The fourth-order valence-corrected chi connectivity index (χ4v) is 2.80. The monoisotopic (exact) mass is 282 g/mol. The van der Waals surface area contributed by atoms with E-state index in [1.807, 2.05) is 12.1 Å². The third-order valence-electron chi connectivity index (χ3n) is 3.80. The van der Waals surface area contributed by atoms with Crippen molar-refractivity contribution in [3.05, 3.63) is 85.2 Å². The molecule has 3 aromatic carbocycles. The molecule has 0 N–H and O–H groups in total. The molecule has 0 bridgehead atoms. The van der Waals surface area contributed by atoms with E-state index < -0.39 is 0 Å². The van der Waals surface area contributed by atoms with Crippen molar-refractivity contribution in [3.63, 3.8) is 0 Å². The van der Waals surface area contributed by atoms with E-state index in [-0.39, 0.29) is 0 Å². The lowest BCUT2D eigenvalue weighted by atomic mass is 9.93. The van der Waals surface area contributed by atoms with Gasteiger partial charge in [-0.25, -0.2) is 9.97 Å². The van der Waals surface area contributed by atoms with E-state index in [9.17, 15) is 0 Å². The van der Waals surface area contributed by atoms with Gasteiger partial charge in [-0.05, 0) is 28.0 Å². The molecule has 104 valence electrons. The van der Waals surface area contributed by atoms with E-state index in [4.69, 9.17) is 0 Å². The summed E-state index contributed by atoms with van der Waals surface area (Å²) in [6.07, 6.45) is 3.58. The van der Waals surface area contributed by atoms with Crippen molar-refractivity contribution in [1.29, 1.82) is 0 Å². The Labute approximate surface area is 129 Å². The van der Waals surface area contributed by atoms with Gasteiger partial charge < -0.3 is 0 Å². The van der Waals surface area contributed by atoms with Crippen LogP contribution in [-0.2, 0) is 0 Å². The second-order valence-electron chi connectivity index (χ2n) is 5.15. The van der Waals surface area contributed by atoms with Crippen molar-refractivity contribution in [3.8, 4) is 22.5 Å². The summed E-state index contributed by atoms with van der Waals surface area (Å²) >= 11 is 0. The van der Waals surface area contributed by atoms with Crippen LogP contribution in [0.5, 0.6) is 0 Å². The summed E-state index contributed by atoms with van der Waals surface area (Å²) in [5.74, 6) is 0.762. The maximum Gasteiger partial charge on any atom is 0.160 e. The molecular weight excluding hydrogens is 268 g/mol. The lowest BCUT2D eigenvalue weighted by Gasteiger charge is -2.12. The predicted octanol–water partition coefficient (Wildman–Crippen LogP) is 4.96. The van der Waals surface area contributed by atoms with Crippen LogP contribution in [0.25, 0.3) is 33.3 Å². The molecule has 0 fully saturated rings. The Hall–Kier alpha value is -3.00. The maximum atomic E-state index is 4.47. The highest BCUT2D eigenvalue weighted by atomic mass is 14.9. The number of hydrogen-bond donors (Lipinski definition) is 0. The van der Waals surface area contributed by atoms with E-state index in [0.717, 1.165) is 17.0 Å². The Morgan fingerprint density at radius 1 is 0.591 bits per heavy atom. The quantitative estimate of drug-likeness (QED) is 0.519. The standard InChI is InChI=1S/C20H14N2/c1-2-7-15(8-3-1)18-12-11-16-9-4-5-10-17(16)19(18)20-21-13-6-14-22-20/h1-14H. The molecule has 4 aromatic rings. The Balaban J connectivity index is 2.09. The average molecular weight is 282 g/mol. The normalized spacial score (nSPS) is 10.7. The molecule has 0 aliphatic carbocycles. The highest BCUT2D eigenvalue weighted by Gasteiger charge is 2.13. The molecule has 0 saturated heterocycles. The van der Waals surface area contributed by atoms with Crippen LogP contribution in [0.1, 0.15) is 0 Å². The molecular formula is C20H14N2. The maximum absolute atomic E-state index is 4.47. The van der Waals surface area contributed by atoms with Gasteiger partial charge in [-0.1, -0.05) is 66.7 Å². The van der Waals surface area contributed by atoms with Gasteiger partial charge >= 0.3 is 0 Å². The van der Waals surface area contributed by atoms with E-state index in [1.54, 1.807) is 12.4 Å². The van der Waals surface area contributed by atoms with Gasteiger partial charge in [0.2, 0.25) is 0 Å². The number of nitrogens with zero attached hydrogens (tertiary/aromatic N) is 2. The second kappa shape index (κ2) is 5.41. The summed E-state index contributed by atoms with van der Waals surface area (Å²) in [7, 11) is 0. The molecule has 22 heavy (non-hydrogen) atoms. The summed E-state index contributed by atoms with van der Waals surface area (Å²) in [6.45, 7) is 0. The van der Waals surface area contributed by atoms with Gasteiger partial charge in [-0.15, -0.1) is 0 Å². The van der Waals surface area contributed by atoms with Gasteiger partial charge in [-0.3, -0.25) is 0 Å². The largest absolute Gasteiger partial charge is 0.237 e. The van der Waals surface area contributed by atoms with Gasteiger partial charge in [0.05, 0.1) is 0 Å². The molecule has 4 rings (SSSR count). The van der Waals surface area contributed by atoms with Crippen molar-refractivity contribution < 1.29 is 0 Å². The zero-order valence-corrected chi connectivity index (χ0v) is 12.0. The van der Waals surface area contributed by atoms with Crippen LogP contribution in [0, 0.1) is 0 Å². The third-order valence-corrected chi connectivity index (χ3v) is 3.80. The minimum absolute atomic E-state index is 0.762. The zero-order chi connectivity index (χ0) is 14.8. The Morgan fingerprint density at radius 3 is 2.14 bits per heavy atom. The molecule has 0 aliphatic rings. The first-order valence-corrected chi connectivity index (χ1v) is 7.28. The molecule has 0 spiro atoms. The van der Waals surface area contributed by atoms with E-state index in [0.29, 0.717) is 0 Å². The smallest absolute Gasteiger partial charge is 0.160 e. The van der Waals surface area contributed by atoms with Crippen molar-refractivity contribution in [2.24, 2.45) is 0 Å². The highest BCUT2D eigenvalue weighted by molar-refractivity contribution is 6.02. The fourth-order valence-electron chi connectivity index (χ4n) is 2.80. The first-order chi connectivity index (χ1) is 10.9. The Morgan fingerprint density at radius 2 is 1.32 bits per heavy atom. The zero-order valence-electron chi connectivity index (χ0n) is 12.0. The Kier molecular flexibility index (Phi) is 3.13. The Bertz CT molecular complexity index is 916. The third kappa shape index (κ3) is 2.15. The van der Waals surface area contributed by atoms with Crippen LogP contribution in [-0.4, -0.2) is 9.97 Å². The summed E-state index contributed by atoms with van der Waals surface area (Å²) < 4.78 is 0. The van der Waals surface area contributed by atoms with Gasteiger partial charge in [0.25, 0.3) is 0 Å². The predicted molar refractivity (Wildman–Crippen MR) is 90.4 cm³/mol. The van der Waals surface area contributed by atoms with E-state index in [1.165, 1.54) is 16.3 Å². The summed E-state index contributed by atoms with van der Waals surface area (Å²) in [5.41, 5.74) is 3.42. The average Bonchev–Trinajstić information content (AvgIpc) is 2.62. The SMILES string of the molecule is c1ccc(-c2ccc3ccccc3c2-c2ncccn2)cc1. The lowest BCUT2D eigenvalue weighted by Crippen LogP contribution is -1.92. The van der Waals surface area contributed by atoms with Crippen molar-refractivity contribution in [1.82, 2.24) is 9.97 Å². The summed E-state index contributed by atoms with van der Waals surface area (Å²) in [4.78, 5) is 8.95. The van der Waals surface area contributed by atoms with Gasteiger partial charge in [-0.2, -0.15) is 0 Å². The molecule has 2 nitrogen and oxygen atoms in total. The topological polar surface area (TPSA) is 25.8 Å². The van der Waals surface area contributed by atoms with Crippen molar-refractivity contribution in [2.75, 3.05) is 0 Å². The second-order valence-corrected chi connectivity index (χ2v) is 5.15. The molecule has 0 atom stereocenters. The first kappa shape index (κ1) is 12.7. The van der Waals surface area contributed by atoms with E-state index >= 15 is 0 Å². The summed E-state index contributed by atoms with van der Waals surface area (Å²) in [5, 5.41) is 2.37. The van der Waals surface area contributed by atoms with Gasteiger partial charge in [0.1, 0.15) is 0 Å². The van der Waals surface area contributed by atoms with E-state index in [2.05, 4.69) is 70.6 Å². The molecule has 0 radical (unpaired) electrons. The first-order valence-electron chi connectivity index (χ1n) is 7.28. The molecule has 0 amide bonds. The highest BCUT2D eigenvalue weighted by Crippen LogP contribution is 2.36. The van der Waals surface area contributed by atoms with Crippen LogP contribution >= 0.6 is 0 Å². The van der Waals surface area contributed by atoms with Gasteiger partial charge in [0, 0.05) is 18.0 Å². The molecule has 1 aromatic heterocycles. The van der Waals surface area contributed by atoms with Crippen molar-refractivity contribution >= 4 is 10.8 Å². The van der Waals surface area contributed by atoms with Crippen LogP contribution in [0.3, 0.4) is 0 Å². The molecule has 0 unspecified atom stereocenters. The fraction of sp³-hybridized carbons (Fsp3) is 0. The number of fused-ring (bicyclic) bond motifs is 1. The molecule has 0 aliphatic heterocycles.